The molecule has 0 amide bonds. The maximum atomic E-state index is 5.22. The number of rotatable bonds is 3. The van der Waals surface area contributed by atoms with Gasteiger partial charge in [-0.05, 0) is 31.5 Å². The number of nitrogens with one attached hydrogen (secondary N) is 2. The van der Waals surface area contributed by atoms with Gasteiger partial charge in [-0.2, -0.15) is 0 Å². The standard InChI is InChI=1S/C14H19N3O/c1-18-11-5-6-12-13(9-11)17-14(16-12)8-10-4-2-3-7-15-10/h5-6,9-10,15H,2-4,7-8H2,1H3,(H,16,17). The molecule has 2 heterocycles. The van der Waals surface area contributed by atoms with Crippen LogP contribution < -0.4 is 10.1 Å². The predicted octanol–water partition coefficient (Wildman–Crippen LogP) is 2.26. The summed E-state index contributed by atoms with van der Waals surface area (Å²) in [6.07, 6.45) is 4.86. The number of imidazole rings is 1. The molecule has 1 atom stereocenters. The van der Waals surface area contributed by atoms with Crippen molar-refractivity contribution in [3.63, 3.8) is 0 Å². The van der Waals surface area contributed by atoms with E-state index in [1.165, 1.54) is 19.3 Å². The Kier molecular flexibility index (Phi) is 3.19. The molecule has 0 aliphatic carbocycles. The minimum absolute atomic E-state index is 0.571. The summed E-state index contributed by atoms with van der Waals surface area (Å²) in [6.45, 7) is 1.14. The SMILES string of the molecule is COc1ccc2nc(CC3CCCCN3)[nH]c2c1. The average Bonchev–Trinajstić information content (AvgIpc) is 2.80. The second-order valence-electron chi connectivity index (χ2n) is 4.92. The van der Waals surface area contributed by atoms with Gasteiger partial charge in [0.25, 0.3) is 0 Å². The topological polar surface area (TPSA) is 49.9 Å². The molecular weight excluding hydrogens is 226 g/mol. The molecule has 0 saturated carbocycles. The van der Waals surface area contributed by atoms with Crippen LogP contribution in [0.2, 0.25) is 0 Å². The molecule has 0 radical (unpaired) electrons. The molecule has 2 N–H and O–H groups in total. The first-order valence-corrected chi connectivity index (χ1v) is 6.61. The van der Waals surface area contributed by atoms with E-state index >= 15 is 0 Å². The Morgan fingerprint density at radius 3 is 3.11 bits per heavy atom. The molecule has 2 aromatic rings. The number of H-pyrrole nitrogens is 1. The molecule has 1 aliphatic heterocycles. The number of ether oxygens (including phenoxy) is 1. The van der Waals surface area contributed by atoms with Crippen LogP contribution in [0, 0.1) is 0 Å². The van der Waals surface area contributed by atoms with Crippen molar-refractivity contribution in [3.8, 4) is 5.75 Å². The summed E-state index contributed by atoms with van der Waals surface area (Å²) >= 11 is 0. The largest absolute Gasteiger partial charge is 0.497 e. The number of aromatic nitrogens is 2. The first-order valence-electron chi connectivity index (χ1n) is 6.61. The highest BCUT2D eigenvalue weighted by molar-refractivity contribution is 5.76. The van der Waals surface area contributed by atoms with Crippen molar-refractivity contribution in [2.75, 3.05) is 13.7 Å². The second kappa shape index (κ2) is 4.98. The fraction of sp³-hybridized carbons (Fsp3) is 0.500. The lowest BCUT2D eigenvalue weighted by Crippen LogP contribution is -2.35. The summed E-state index contributed by atoms with van der Waals surface area (Å²) in [6, 6.07) is 6.52. The van der Waals surface area contributed by atoms with Crippen molar-refractivity contribution in [1.82, 2.24) is 15.3 Å². The number of methoxy groups -OCH3 is 1. The molecule has 4 nitrogen and oxygen atoms in total. The van der Waals surface area contributed by atoms with Crippen molar-refractivity contribution in [1.29, 1.82) is 0 Å². The van der Waals surface area contributed by atoms with Gasteiger partial charge in [0.2, 0.25) is 0 Å². The molecule has 1 saturated heterocycles. The minimum Gasteiger partial charge on any atom is -0.497 e. The summed E-state index contributed by atoms with van der Waals surface area (Å²) in [7, 11) is 1.68. The van der Waals surface area contributed by atoms with Crippen LogP contribution in [0.4, 0.5) is 0 Å². The zero-order chi connectivity index (χ0) is 12.4. The average molecular weight is 245 g/mol. The Labute approximate surface area is 107 Å². The zero-order valence-electron chi connectivity index (χ0n) is 10.7. The van der Waals surface area contributed by atoms with Crippen LogP contribution in [0.15, 0.2) is 18.2 Å². The highest BCUT2D eigenvalue weighted by Crippen LogP contribution is 2.20. The molecule has 3 rings (SSSR count). The molecule has 1 fully saturated rings. The van der Waals surface area contributed by atoms with Crippen molar-refractivity contribution in [2.45, 2.75) is 31.7 Å². The van der Waals surface area contributed by atoms with Crippen LogP contribution in [0.1, 0.15) is 25.1 Å². The van der Waals surface area contributed by atoms with Crippen molar-refractivity contribution in [2.24, 2.45) is 0 Å². The van der Waals surface area contributed by atoms with Crippen LogP contribution >= 0.6 is 0 Å². The van der Waals surface area contributed by atoms with Gasteiger partial charge in [0.1, 0.15) is 11.6 Å². The normalized spacial score (nSPS) is 20.2. The van der Waals surface area contributed by atoms with Gasteiger partial charge in [0.05, 0.1) is 18.1 Å². The molecule has 96 valence electrons. The van der Waals surface area contributed by atoms with Crippen LogP contribution in [-0.2, 0) is 6.42 Å². The summed E-state index contributed by atoms with van der Waals surface area (Å²) in [5, 5.41) is 3.55. The molecule has 1 unspecified atom stereocenters. The van der Waals surface area contributed by atoms with E-state index in [-0.39, 0.29) is 0 Å². The Hall–Kier alpha value is -1.55. The third kappa shape index (κ3) is 2.34. The molecule has 4 heteroatoms. The van der Waals surface area contributed by atoms with E-state index in [9.17, 15) is 0 Å². The van der Waals surface area contributed by atoms with E-state index in [1.54, 1.807) is 7.11 Å². The molecule has 0 spiro atoms. The first-order chi connectivity index (χ1) is 8.85. The summed E-state index contributed by atoms with van der Waals surface area (Å²) in [5.41, 5.74) is 2.07. The van der Waals surface area contributed by atoms with E-state index < -0.39 is 0 Å². The van der Waals surface area contributed by atoms with Gasteiger partial charge in [-0.25, -0.2) is 4.98 Å². The Balaban J connectivity index is 1.79. The molecule has 1 aliphatic rings. The van der Waals surface area contributed by atoms with E-state index in [1.807, 2.05) is 18.2 Å². The number of hydrogen-bond acceptors (Lipinski definition) is 3. The van der Waals surface area contributed by atoms with Crippen LogP contribution in [-0.4, -0.2) is 29.7 Å². The number of hydrogen-bond donors (Lipinski definition) is 2. The number of nitrogens with zero attached hydrogens (tertiary/aromatic N) is 1. The third-order valence-corrected chi connectivity index (χ3v) is 3.59. The van der Waals surface area contributed by atoms with Crippen molar-refractivity contribution in [3.05, 3.63) is 24.0 Å². The Bertz CT molecular complexity index is 529. The summed E-state index contributed by atoms with van der Waals surface area (Å²) < 4.78 is 5.22. The molecule has 1 aromatic carbocycles. The second-order valence-corrected chi connectivity index (χ2v) is 4.92. The minimum atomic E-state index is 0.571. The van der Waals surface area contributed by atoms with E-state index in [2.05, 4.69) is 15.3 Å². The zero-order valence-corrected chi connectivity index (χ0v) is 10.7. The number of fused-ring (bicyclic) bond motifs is 1. The number of piperidine rings is 1. The predicted molar refractivity (Wildman–Crippen MR) is 72.0 cm³/mol. The van der Waals surface area contributed by atoms with Gasteiger partial charge in [-0.3, -0.25) is 0 Å². The van der Waals surface area contributed by atoms with Gasteiger partial charge in [0.15, 0.2) is 0 Å². The van der Waals surface area contributed by atoms with Crippen LogP contribution in [0.3, 0.4) is 0 Å². The molecule has 1 aromatic heterocycles. The number of aromatic amines is 1. The number of benzene rings is 1. The molecule has 0 bridgehead atoms. The fourth-order valence-corrected chi connectivity index (χ4v) is 2.60. The van der Waals surface area contributed by atoms with Crippen molar-refractivity contribution < 1.29 is 4.74 Å². The van der Waals surface area contributed by atoms with E-state index in [4.69, 9.17) is 4.74 Å². The maximum Gasteiger partial charge on any atom is 0.121 e. The third-order valence-electron chi connectivity index (χ3n) is 3.59. The summed E-state index contributed by atoms with van der Waals surface area (Å²) in [5.74, 6) is 1.94. The Morgan fingerprint density at radius 1 is 1.39 bits per heavy atom. The van der Waals surface area contributed by atoms with Crippen molar-refractivity contribution >= 4 is 11.0 Å². The highest BCUT2D eigenvalue weighted by atomic mass is 16.5. The van der Waals surface area contributed by atoms with E-state index in [0.29, 0.717) is 6.04 Å². The Morgan fingerprint density at radius 2 is 2.33 bits per heavy atom. The van der Waals surface area contributed by atoms with Crippen LogP contribution in [0.5, 0.6) is 5.75 Å². The van der Waals surface area contributed by atoms with Gasteiger partial charge in [0, 0.05) is 18.5 Å². The lowest BCUT2D eigenvalue weighted by Gasteiger charge is -2.22. The van der Waals surface area contributed by atoms with Gasteiger partial charge < -0.3 is 15.0 Å². The lowest BCUT2D eigenvalue weighted by molar-refractivity contribution is 0.395. The smallest absolute Gasteiger partial charge is 0.121 e. The monoisotopic (exact) mass is 245 g/mol. The van der Waals surface area contributed by atoms with Gasteiger partial charge in [-0.15, -0.1) is 0 Å². The summed E-state index contributed by atoms with van der Waals surface area (Å²) in [4.78, 5) is 8.02. The van der Waals surface area contributed by atoms with Crippen LogP contribution in [0.25, 0.3) is 11.0 Å². The van der Waals surface area contributed by atoms with Gasteiger partial charge in [-0.1, -0.05) is 6.42 Å². The van der Waals surface area contributed by atoms with E-state index in [0.717, 1.165) is 35.6 Å². The maximum absolute atomic E-state index is 5.22. The first kappa shape index (κ1) is 11.5. The molecule has 18 heavy (non-hydrogen) atoms. The highest BCUT2D eigenvalue weighted by Gasteiger charge is 2.15. The van der Waals surface area contributed by atoms with Gasteiger partial charge >= 0.3 is 0 Å². The molecular formula is C14H19N3O. The lowest BCUT2D eigenvalue weighted by atomic mass is 10.0. The fourth-order valence-electron chi connectivity index (χ4n) is 2.60. The quantitative estimate of drug-likeness (QED) is 0.872.